The maximum atomic E-state index is 12.4. The van der Waals surface area contributed by atoms with Gasteiger partial charge in [-0.05, 0) is 24.6 Å². The van der Waals surface area contributed by atoms with Crippen LogP contribution in [0.1, 0.15) is 21.6 Å². The first-order valence-electron chi connectivity index (χ1n) is 7.58. The number of methoxy groups -OCH3 is 1. The zero-order valence-electron chi connectivity index (χ0n) is 13.6. The lowest BCUT2D eigenvalue weighted by Gasteiger charge is -2.09. The number of primary amides is 1. The third-order valence-corrected chi connectivity index (χ3v) is 4.17. The Kier molecular flexibility index (Phi) is 4.08. The average molecular weight is 322 g/mol. The van der Waals surface area contributed by atoms with Gasteiger partial charge in [0.1, 0.15) is 5.75 Å². The minimum Gasteiger partial charge on any atom is -0.496 e. The van der Waals surface area contributed by atoms with E-state index in [2.05, 4.69) is 0 Å². The van der Waals surface area contributed by atoms with Crippen LogP contribution in [-0.2, 0) is 11.3 Å². The molecule has 2 aromatic carbocycles. The van der Waals surface area contributed by atoms with Gasteiger partial charge < -0.3 is 15.0 Å². The lowest BCUT2D eigenvalue weighted by atomic mass is 10.1. The van der Waals surface area contributed by atoms with Gasteiger partial charge in [-0.2, -0.15) is 0 Å². The van der Waals surface area contributed by atoms with Crippen LogP contribution in [0.15, 0.2) is 48.5 Å². The third-order valence-electron chi connectivity index (χ3n) is 4.17. The summed E-state index contributed by atoms with van der Waals surface area (Å²) in [7, 11) is 1.54. The predicted molar refractivity (Wildman–Crippen MR) is 92.3 cm³/mol. The smallest absolute Gasteiger partial charge is 0.289 e. The van der Waals surface area contributed by atoms with Crippen LogP contribution in [0.5, 0.6) is 5.75 Å². The first-order valence-corrected chi connectivity index (χ1v) is 7.58. The van der Waals surface area contributed by atoms with Crippen molar-refractivity contribution in [2.75, 3.05) is 7.11 Å². The number of aromatic nitrogens is 1. The van der Waals surface area contributed by atoms with Crippen LogP contribution in [0.3, 0.4) is 0 Å². The molecule has 1 heterocycles. The van der Waals surface area contributed by atoms with Crippen LogP contribution in [-0.4, -0.2) is 23.4 Å². The Hall–Kier alpha value is -3.08. The number of hydrogen-bond donors (Lipinski definition) is 1. The van der Waals surface area contributed by atoms with Gasteiger partial charge in [0.15, 0.2) is 0 Å². The summed E-state index contributed by atoms with van der Waals surface area (Å²) in [5, 5.41) is 0.622. The molecule has 0 saturated heterocycles. The molecule has 0 aliphatic heterocycles. The number of Topliss-reactive ketones (excluding diaryl/α,β-unsaturated/α-hetero) is 1. The molecule has 0 radical (unpaired) electrons. The number of ketones is 1. The molecule has 5 heteroatoms. The van der Waals surface area contributed by atoms with Crippen LogP contribution in [0.25, 0.3) is 10.9 Å². The van der Waals surface area contributed by atoms with Crippen molar-refractivity contribution in [2.45, 2.75) is 13.5 Å². The number of carbonyl (C=O) groups excluding carboxylic acids is 2. The Morgan fingerprint density at radius 3 is 2.42 bits per heavy atom. The topological polar surface area (TPSA) is 74.3 Å². The predicted octanol–water partition coefficient (Wildman–Crippen LogP) is 2.67. The molecular formula is C19H18N2O3. The molecule has 24 heavy (non-hydrogen) atoms. The van der Waals surface area contributed by atoms with Crippen molar-refractivity contribution in [1.29, 1.82) is 0 Å². The highest BCUT2D eigenvalue weighted by molar-refractivity contribution is 6.45. The second-order valence-electron chi connectivity index (χ2n) is 5.58. The number of amides is 1. The standard InChI is InChI=1S/C19H18N2O3/c1-12-16(18(22)19(20)23)17-14(9-6-10-15(17)24-2)21(12)11-13-7-4-3-5-8-13/h3-10H,11H2,1-2H3,(H2,20,23). The van der Waals surface area contributed by atoms with Crippen molar-refractivity contribution >= 4 is 22.6 Å². The molecule has 0 bridgehead atoms. The van der Waals surface area contributed by atoms with E-state index < -0.39 is 11.7 Å². The molecule has 122 valence electrons. The third kappa shape index (κ3) is 2.54. The van der Waals surface area contributed by atoms with E-state index in [0.717, 1.165) is 11.1 Å². The Balaban J connectivity index is 2.28. The van der Waals surface area contributed by atoms with Gasteiger partial charge in [0.25, 0.3) is 11.7 Å². The van der Waals surface area contributed by atoms with E-state index in [1.165, 1.54) is 7.11 Å². The van der Waals surface area contributed by atoms with Crippen LogP contribution in [0.2, 0.25) is 0 Å². The van der Waals surface area contributed by atoms with Gasteiger partial charge in [0.05, 0.1) is 23.6 Å². The molecule has 0 fully saturated rings. The zero-order valence-corrected chi connectivity index (χ0v) is 13.6. The molecule has 1 amide bonds. The summed E-state index contributed by atoms with van der Waals surface area (Å²) in [4.78, 5) is 23.9. The van der Waals surface area contributed by atoms with Crippen molar-refractivity contribution in [2.24, 2.45) is 5.73 Å². The van der Waals surface area contributed by atoms with Gasteiger partial charge in [-0.1, -0.05) is 36.4 Å². The molecule has 2 N–H and O–H groups in total. The highest BCUT2D eigenvalue weighted by Crippen LogP contribution is 2.34. The summed E-state index contributed by atoms with van der Waals surface area (Å²) in [6.07, 6.45) is 0. The Labute approximate surface area is 139 Å². The SMILES string of the molecule is COc1cccc2c1c(C(=O)C(N)=O)c(C)n2Cc1ccccc1. The molecule has 0 spiro atoms. The highest BCUT2D eigenvalue weighted by atomic mass is 16.5. The molecule has 3 rings (SSSR count). The van der Waals surface area contributed by atoms with Crippen molar-refractivity contribution in [3.8, 4) is 5.75 Å². The fourth-order valence-corrected chi connectivity index (χ4v) is 3.03. The fourth-order valence-electron chi connectivity index (χ4n) is 3.03. The summed E-state index contributed by atoms with van der Waals surface area (Å²) in [6.45, 7) is 2.40. The summed E-state index contributed by atoms with van der Waals surface area (Å²) < 4.78 is 7.40. The molecule has 0 saturated carbocycles. The fraction of sp³-hybridized carbons (Fsp3) is 0.158. The molecule has 0 atom stereocenters. The van der Waals surface area contributed by atoms with Gasteiger partial charge >= 0.3 is 0 Å². The van der Waals surface area contributed by atoms with Gasteiger partial charge in [-0.3, -0.25) is 9.59 Å². The van der Waals surface area contributed by atoms with Crippen LogP contribution >= 0.6 is 0 Å². The molecule has 0 aliphatic rings. The van der Waals surface area contributed by atoms with Crippen LogP contribution in [0.4, 0.5) is 0 Å². The summed E-state index contributed by atoms with van der Waals surface area (Å²) in [5.74, 6) is -1.12. The lowest BCUT2D eigenvalue weighted by molar-refractivity contribution is -0.114. The maximum Gasteiger partial charge on any atom is 0.289 e. The Morgan fingerprint density at radius 2 is 1.79 bits per heavy atom. The average Bonchev–Trinajstić information content (AvgIpc) is 2.87. The van der Waals surface area contributed by atoms with Gasteiger partial charge in [0.2, 0.25) is 0 Å². The number of fused-ring (bicyclic) bond motifs is 1. The molecular weight excluding hydrogens is 304 g/mol. The first-order chi connectivity index (χ1) is 11.5. The number of rotatable bonds is 5. The van der Waals surface area contributed by atoms with Gasteiger partial charge in [-0.25, -0.2) is 0 Å². The number of hydrogen-bond acceptors (Lipinski definition) is 3. The first kappa shape index (κ1) is 15.8. The Morgan fingerprint density at radius 1 is 1.08 bits per heavy atom. The van der Waals surface area contributed by atoms with E-state index in [1.807, 2.05) is 54.0 Å². The van der Waals surface area contributed by atoms with E-state index in [9.17, 15) is 9.59 Å². The minimum atomic E-state index is -0.970. The second-order valence-corrected chi connectivity index (χ2v) is 5.58. The normalized spacial score (nSPS) is 10.8. The summed E-state index contributed by atoms with van der Waals surface area (Å²) in [5.41, 5.74) is 8.18. The van der Waals surface area contributed by atoms with Crippen molar-refractivity contribution in [3.63, 3.8) is 0 Å². The summed E-state index contributed by atoms with van der Waals surface area (Å²) in [6, 6.07) is 15.5. The van der Waals surface area contributed by atoms with E-state index in [0.29, 0.717) is 28.9 Å². The molecule has 1 aromatic heterocycles. The van der Waals surface area contributed by atoms with Crippen molar-refractivity contribution < 1.29 is 14.3 Å². The minimum absolute atomic E-state index is 0.311. The zero-order chi connectivity index (χ0) is 17.3. The quantitative estimate of drug-likeness (QED) is 0.580. The van der Waals surface area contributed by atoms with Gasteiger partial charge in [0, 0.05) is 12.2 Å². The maximum absolute atomic E-state index is 12.4. The van der Waals surface area contributed by atoms with E-state index in [-0.39, 0.29) is 0 Å². The van der Waals surface area contributed by atoms with Crippen molar-refractivity contribution in [1.82, 2.24) is 4.57 Å². The number of carbonyl (C=O) groups is 2. The van der Waals surface area contributed by atoms with E-state index >= 15 is 0 Å². The second kappa shape index (κ2) is 6.20. The Bertz CT molecular complexity index is 927. The van der Waals surface area contributed by atoms with Crippen LogP contribution in [0, 0.1) is 6.92 Å². The number of ether oxygens (including phenoxy) is 1. The van der Waals surface area contributed by atoms with Crippen LogP contribution < -0.4 is 10.5 Å². The number of benzene rings is 2. The summed E-state index contributed by atoms with van der Waals surface area (Å²) >= 11 is 0. The van der Waals surface area contributed by atoms with Crippen molar-refractivity contribution in [3.05, 3.63) is 65.4 Å². The van der Waals surface area contributed by atoms with Gasteiger partial charge in [-0.15, -0.1) is 0 Å². The number of nitrogens with two attached hydrogens (primary N) is 1. The molecule has 0 unspecified atom stereocenters. The largest absolute Gasteiger partial charge is 0.496 e. The molecule has 0 aliphatic carbocycles. The van der Waals surface area contributed by atoms with E-state index in [4.69, 9.17) is 10.5 Å². The molecule has 3 aromatic rings. The monoisotopic (exact) mass is 322 g/mol. The number of nitrogens with zero attached hydrogens (tertiary/aromatic N) is 1. The lowest BCUT2D eigenvalue weighted by Crippen LogP contribution is -2.23. The highest BCUT2D eigenvalue weighted by Gasteiger charge is 2.25. The molecule has 5 nitrogen and oxygen atoms in total. The van der Waals surface area contributed by atoms with E-state index in [1.54, 1.807) is 6.07 Å².